The van der Waals surface area contributed by atoms with E-state index in [0.29, 0.717) is 18.1 Å². The number of hydrogen-bond donors (Lipinski definition) is 1. The molecule has 1 heterocycles. The minimum absolute atomic E-state index is 0. The van der Waals surface area contributed by atoms with Crippen molar-refractivity contribution >= 4 is 42.3 Å². The number of benzene rings is 1. The lowest BCUT2D eigenvalue weighted by Crippen LogP contribution is -2.55. The number of piperidine rings is 1. The number of nitrogens with zero attached hydrogens (tertiary/aromatic N) is 2. The van der Waals surface area contributed by atoms with Gasteiger partial charge < -0.3 is 10.6 Å². The highest BCUT2D eigenvalue weighted by Gasteiger charge is 2.38. The molecule has 138 valence electrons. The Morgan fingerprint density at radius 3 is 2.50 bits per heavy atom. The topological polar surface area (TPSA) is 49.6 Å². The molecular formula is C17H28Cl3N3O. The van der Waals surface area contributed by atoms with Crippen LogP contribution in [0.3, 0.4) is 0 Å². The van der Waals surface area contributed by atoms with Crippen LogP contribution in [0.25, 0.3) is 0 Å². The first-order valence-corrected chi connectivity index (χ1v) is 8.06. The van der Waals surface area contributed by atoms with Crippen molar-refractivity contribution < 1.29 is 4.79 Å². The molecule has 0 spiro atoms. The molecule has 0 aliphatic carbocycles. The summed E-state index contributed by atoms with van der Waals surface area (Å²) in [4.78, 5) is 16.9. The van der Waals surface area contributed by atoms with Gasteiger partial charge in [0.2, 0.25) is 5.91 Å². The predicted octanol–water partition coefficient (Wildman–Crippen LogP) is 3.37. The first kappa shape index (κ1) is 23.5. The van der Waals surface area contributed by atoms with Crippen molar-refractivity contribution in [3.05, 3.63) is 34.9 Å². The average molecular weight is 397 g/mol. The van der Waals surface area contributed by atoms with Crippen molar-refractivity contribution in [3.63, 3.8) is 0 Å². The van der Waals surface area contributed by atoms with Gasteiger partial charge >= 0.3 is 0 Å². The Kier molecular flexibility index (Phi) is 9.05. The molecule has 0 bridgehead atoms. The molecular weight excluding hydrogens is 369 g/mol. The fourth-order valence-electron chi connectivity index (χ4n) is 3.07. The van der Waals surface area contributed by atoms with E-state index in [9.17, 15) is 4.79 Å². The molecule has 2 N–H and O–H groups in total. The van der Waals surface area contributed by atoms with Crippen molar-refractivity contribution in [1.29, 1.82) is 0 Å². The number of hydrogen-bond acceptors (Lipinski definition) is 3. The highest BCUT2D eigenvalue weighted by atomic mass is 35.5. The second-order valence-corrected chi connectivity index (χ2v) is 7.50. The highest BCUT2D eigenvalue weighted by molar-refractivity contribution is 6.30. The van der Waals surface area contributed by atoms with Gasteiger partial charge in [-0.3, -0.25) is 9.69 Å². The van der Waals surface area contributed by atoms with E-state index in [4.69, 9.17) is 17.3 Å². The number of likely N-dealkylation sites (tertiary alicyclic amines) is 1. The van der Waals surface area contributed by atoms with Crippen molar-refractivity contribution in [1.82, 2.24) is 9.80 Å². The lowest BCUT2D eigenvalue weighted by Gasteiger charge is -2.44. The van der Waals surface area contributed by atoms with Gasteiger partial charge in [-0.25, -0.2) is 0 Å². The van der Waals surface area contributed by atoms with Gasteiger partial charge in [-0.2, -0.15) is 0 Å². The number of amides is 1. The molecule has 0 aromatic heterocycles. The summed E-state index contributed by atoms with van der Waals surface area (Å²) in [6, 6.07) is 7.35. The summed E-state index contributed by atoms with van der Waals surface area (Å²) in [6.07, 6.45) is 0.842. The molecule has 0 saturated carbocycles. The van der Waals surface area contributed by atoms with Crippen molar-refractivity contribution in [2.75, 3.05) is 27.2 Å². The van der Waals surface area contributed by atoms with Gasteiger partial charge in [0.15, 0.2) is 0 Å². The van der Waals surface area contributed by atoms with Gasteiger partial charge in [0, 0.05) is 24.2 Å². The Hall–Kier alpha value is -0.520. The summed E-state index contributed by atoms with van der Waals surface area (Å²) >= 11 is 6.09. The van der Waals surface area contributed by atoms with Crippen LogP contribution in [0.5, 0.6) is 0 Å². The Balaban J connectivity index is 0.00000264. The third kappa shape index (κ3) is 5.24. The fraction of sp³-hybridized carbons (Fsp3) is 0.588. The zero-order valence-corrected chi connectivity index (χ0v) is 17.0. The fourth-order valence-corrected chi connectivity index (χ4v) is 3.27. The second-order valence-electron chi connectivity index (χ2n) is 7.06. The summed E-state index contributed by atoms with van der Waals surface area (Å²) < 4.78 is 0. The highest BCUT2D eigenvalue weighted by Crippen LogP contribution is 2.31. The number of carbonyl (C=O) groups excluding carboxylic acids is 1. The first-order valence-electron chi connectivity index (χ1n) is 7.68. The first-order chi connectivity index (χ1) is 10.2. The van der Waals surface area contributed by atoms with Crippen molar-refractivity contribution in [2.45, 2.75) is 32.4 Å². The van der Waals surface area contributed by atoms with E-state index in [1.54, 1.807) is 0 Å². The second kappa shape index (κ2) is 9.25. The van der Waals surface area contributed by atoms with Crippen LogP contribution in [-0.2, 0) is 4.79 Å². The van der Waals surface area contributed by atoms with E-state index in [1.165, 1.54) is 0 Å². The summed E-state index contributed by atoms with van der Waals surface area (Å²) in [5, 5.41) is 0.651. The Morgan fingerprint density at radius 1 is 1.38 bits per heavy atom. The number of carbonyl (C=O) groups is 1. The van der Waals surface area contributed by atoms with E-state index in [0.717, 1.165) is 12.0 Å². The van der Waals surface area contributed by atoms with Gasteiger partial charge in [-0.1, -0.05) is 37.6 Å². The molecule has 1 fully saturated rings. The molecule has 1 aromatic carbocycles. The van der Waals surface area contributed by atoms with E-state index >= 15 is 0 Å². The van der Waals surface area contributed by atoms with E-state index in [-0.39, 0.29) is 48.2 Å². The number of halogens is 3. The van der Waals surface area contributed by atoms with Gasteiger partial charge in [0.1, 0.15) is 6.04 Å². The zero-order valence-electron chi connectivity index (χ0n) is 14.7. The minimum Gasteiger partial charge on any atom is -0.340 e. The molecule has 4 nitrogen and oxygen atoms in total. The van der Waals surface area contributed by atoms with Crippen LogP contribution in [0.4, 0.5) is 0 Å². The van der Waals surface area contributed by atoms with Crippen molar-refractivity contribution in [3.8, 4) is 0 Å². The van der Waals surface area contributed by atoms with Gasteiger partial charge in [-0.15, -0.1) is 24.8 Å². The van der Waals surface area contributed by atoms with E-state index in [1.807, 2.05) is 48.2 Å². The average Bonchev–Trinajstić information content (AvgIpc) is 2.41. The normalized spacial score (nSPS) is 20.8. The molecule has 2 unspecified atom stereocenters. The Bertz CT molecular complexity index is 552. The third-order valence-corrected chi connectivity index (χ3v) is 4.77. The molecule has 1 saturated heterocycles. The standard InChI is InChI=1S/C17H26ClN3O.2ClH/c1-17(2)11-21(9-8-14(17)19)16(22)15(20(3)4)12-6-5-7-13(18)10-12;;/h5-7,10,14-15H,8-9,11,19H2,1-4H3;2*1H. The number of nitrogens with two attached hydrogens (primary N) is 1. The molecule has 24 heavy (non-hydrogen) atoms. The summed E-state index contributed by atoms with van der Waals surface area (Å²) in [6.45, 7) is 5.66. The van der Waals surface area contributed by atoms with Gasteiger partial charge in [0.05, 0.1) is 0 Å². The Labute approximate surface area is 162 Å². The van der Waals surface area contributed by atoms with E-state index in [2.05, 4.69) is 13.8 Å². The minimum atomic E-state index is -0.316. The van der Waals surface area contributed by atoms with Crippen LogP contribution in [0.1, 0.15) is 31.9 Å². The van der Waals surface area contributed by atoms with E-state index < -0.39 is 0 Å². The maximum Gasteiger partial charge on any atom is 0.244 e. The molecule has 1 aliphatic rings. The van der Waals surface area contributed by atoms with Crippen LogP contribution in [0, 0.1) is 5.41 Å². The third-order valence-electron chi connectivity index (χ3n) is 4.54. The summed E-state index contributed by atoms with van der Waals surface area (Å²) in [5.41, 5.74) is 7.05. The van der Waals surface area contributed by atoms with Crippen molar-refractivity contribution in [2.24, 2.45) is 11.1 Å². The lowest BCUT2D eigenvalue weighted by molar-refractivity contribution is -0.139. The van der Waals surface area contributed by atoms with Gasteiger partial charge in [0.25, 0.3) is 0 Å². The SMILES string of the molecule is CN(C)C(C(=O)N1CCC(N)C(C)(C)C1)c1cccc(Cl)c1.Cl.Cl. The quantitative estimate of drug-likeness (QED) is 0.852. The van der Waals surface area contributed by atoms with Crippen LogP contribution in [-0.4, -0.2) is 48.9 Å². The maximum atomic E-state index is 13.0. The summed E-state index contributed by atoms with van der Waals surface area (Å²) in [5.74, 6) is 0.118. The number of likely N-dealkylation sites (N-methyl/N-ethyl adjacent to an activating group) is 1. The van der Waals surface area contributed by atoms with Crippen LogP contribution < -0.4 is 5.73 Å². The van der Waals surface area contributed by atoms with Gasteiger partial charge in [-0.05, 0) is 43.6 Å². The van der Waals surface area contributed by atoms with Crippen LogP contribution in [0.15, 0.2) is 24.3 Å². The molecule has 0 radical (unpaired) electrons. The zero-order chi connectivity index (χ0) is 16.5. The monoisotopic (exact) mass is 395 g/mol. The smallest absolute Gasteiger partial charge is 0.244 e. The summed E-state index contributed by atoms with van der Waals surface area (Å²) in [7, 11) is 3.84. The molecule has 1 aliphatic heterocycles. The molecule has 1 amide bonds. The molecule has 1 aromatic rings. The molecule has 2 atom stereocenters. The van der Waals surface area contributed by atoms with Crippen LogP contribution in [0.2, 0.25) is 5.02 Å². The Morgan fingerprint density at radius 2 is 2.00 bits per heavy atom. The number of rotatable bonds is 3. The maximum absolute atomic E-state index is 13.0. The predicted molar refractivity (Wildman–Crippen MR) is 105 cm³/mol. The largest absolute Gasteiger partial charge is 0.340 e. The van der Waals surface area contributed by atoms with Crippen LogP contribution >= 0.6 is 36.4 Å². The molecule has 2 rings (SSSR count). The lowest BCUT2D eigenvalue weighted by atomic mass is 9.79. The molecule has 7 heteroatoms.